The van der Waals surface area contributed by atoms with Crippen molar-refractivity contribution in [2.45, 2.75) is 6.42 Å². The maximum atomic E-state index is 12.2. The fraction of sp³-hybridized carbons (Fsp3) is 0.364. The van der Waals surface area contributed by atoms with E-state index in [1.54, 1.807) is 0 Å². The van der Waals surface area contributed by atoms with Crippen molar-refractivity contribution in [3.05, 3.63) is 22.8 Å². The van der Waals surface area contributed by atoms with Crippen molar-refractivity contribution < 1.29 is 9.59 Å². The van der Waals surface area contributed by atoms with Crippen molar-refractivity contribution in [3.8, 4) is 0 Å². The number of pyridine rings is 1. The number of anilines is 1. The van der Waals surface area contributed by atoms with Crippen LogP contribution in [-0.4, -0.2) is 41.3 Å². The number of nitrogens with two attached hydrogens (primary N) is 1. The molecule has 0 bridgehead atoms. The van der Waals surface area contributed by atoms with E-state index >= 15 is 0 Å². The van der Waals surface area contributed by atoms with E-state index in [1.807, 2.05) is 0 Å². The van der Waals surface area contributed by atoms with Crippen LogP contribution >= 0.6 is 11.6 Å². The second kappa shape index (κ2) is 5.22. The Bertz CT molecular complexity index is 492. The number of hydrogen-bond donors (Lipinski definition) is 2. The molecule has 2 amide bonds. The highest BCUT2D eigenvalue weighted by Gasteiger charge is 2.23. The average molecular weight is 269 g/mol. The van der Waals surface area contributed by atoms with E-state index in [9.17, 15) is 9.59 Å². The predicted octanol–water partition coefficient (Wildman–Crippen LogP) is 0.279. The van der Waals surface area contributed by atoms with Gasteiger partial charge < -0.3 is 16.0 Å². The second-order valence-corrected chi connectivity index (χ2v) is 4.43. The third-order valence-corrected chi connectivity index (χ3v) is 2.96. The van der Waals surface area contributed by atoms with E-state index in [-0.39, 0.29) is 34.8 Å². The number of nitrogens with zero attached hydrogens (tertiary/aromatic N) is 2. The van der Waals surface area contributed by atoms with E-state index in [0.717, 1.165) is 6.42 Å². The highest BCUT2D eigenvalue weighted by atomic mass is 35.5. The topological polar surface area (TPSA) is 88.3 Å². The molecule has 2 heterocycles. The van der Waals surface area contributed by atoms with Gasteiger partial charge >= 0.3 is 0 Å². The van der Waals surface area contributed by atoms with Gasteiger partial charge in [0.1, 0.15) is 5.82 Å². The van der Waals surface area contributed by atoms with Crippen LogP contribution in [0.2, 0.25) is 5.02 Å². The molecule has 7 heteroatoms. The molecule has 1 aromatic rings. The van der Waals surface area contributed by atoms with E-state index < -0.39 is 0 Å². The van der Waals surface area contributed by atoms with Crippen LogP contribution in [0.3, 0.4) is 0 Å². The van der Waals surface area contributed by atoms with Crippen molar-refractivity contribution in [1.82, 2.24) is 15.2 Å². The van der Waals surface area contributed by atoms with Gasteiger partial charge in [-0.1, -0.05) is 11.6 Å². The van der Waals surface area contributed by atoms with Crippen molar-refractivity contribution in [2.24, 2.45) is 0 Å². The lowest BCUT2D eigenvalue weighted by molar-refractivity contribution is -0.121. The lowest BCUT2D eigenvalue weighted by atomic mass is 10.2. The lowest BCUT2D eigenvalue weighted by Crippen LogP contribution is -2.37. The van der Waals surface area contributed by atoms with Crippen LogP contribution in [0.1, 0.15) is 16.8 Å². The van der Waals surface area contributed by atoms with Gasteiger partial charge in [0.15, 0.2) is 0 Å². The Balaban J connectivity index is 2.24. The first kappa shape index (κ1) is 12.6. The standard InChI is InChI=1S/C11H13ClN4O2/c12-8-5-15-9(13)4-7(8)11(18)16-3-1-2-14-10(17)6-16/h4-5H,1-3,6H2,(H2,13,15)(H,14,17). The summed E-state index contributed by atoms with van der Waals surface area (Å²) >= 11 is 5.92. The van der Waals surface area contributed by atoms with Crippen molar-refractivity contribution in [3.63, 3.8) is 0 Å². The summed E-state index contributed by atoms with van der Waals surface area (Å²) in [5.74, 6) is -0.243. The minimum Gasteiger partial charge on any atom is -0.384 e. The molecule has 1 aliphatic rings. The molecule has 0 radical (unpaired) electrons. The summed E-state index contributed by atoms with van der Waals surface area (Å²) < 4.78 is 0. The number of carbonyl (C=O) groups is 2. The van der Waals surface area contributed by atoms with Crippen LogP contribution in [-0.2, 0) is 4.79 Å². The number of carbonyl (C=O) groups excluding carboxylic acids is 2. The molecule has 0 spiro atoms. The molecule has 0 aliphatic carbocycles. The van der Waals surface area contributed by atoms with Crippen molar-refractivity contribution in [2.75, 3.05) is 25.4 Å². The first-order chi connectivity index (χ1) is 8.58. The quantitative estimate of drug-likeness (QED) is 0.766. The molecule has 2 rings (SSSR count). The van der Waals surface area contributed by atoms with Gasteiger partial charge in [0.25, 0.3) is 5.91 Å². The first-order valence-corrected chi connectivity index (χ1v) is 5.92. The number of nitrogens with one attached hydrogen (secondary N) is 1. The molecule has 0 aromatic carbocycles. The molecular formula is C11H13ClN4O2. The summed E-state index contributed by atoms with van der Waals surface area (Å²) in [5.41, 5.74) is 5.81. The molecule has 6 nitrogen and oxygen atoms in total. The molecule has 3 N–H and O–H groups in total. The largest absolute Gasteiger partial charge is 0.384 e. The predicted molar refractivity (Wildman–Crippen MR) is 67.2 cm³/mol. The van der Waals surface area contributed by atoms with Gasteiger partial charge in [0.2, 0.25) is 5.91 Å². The number of amides is 2. The molecular weight excluding hydrogens is 256 g/mol. The molecule has 1 saturated heterocycles. The Kier molecular flexibility index (Phi) is 3.66. The summed E-state index contributed by atoms with van der Waals surface area (Å²) in [6.07, 6.45) is 2.05. The summed E-state index contributed by atoms with van der Waals surface area (Å²) in [4.78, 5) is 28.9. The van der Waals surface area contributed by atoms with E-state index in [4.69, 9.17) is 17.3 Å². The second-order valence-electron chi connectivity index (χ2n) is 4.02. The molecule has 18 heavy (non-hydrogen) atoms. The number of nitrogen functional groups attached to an aromatic ring is 1. The summed E-state index contributed by atoms with van der Waals surface area (Å²) in [6.45, 7) is 1.13. The fourth-order valence-corrected chi connectivity index (χ4v) is 1.95. The number of hydrogen-bond acceptors (Lipinski definition) is 4. The van der Waals surface area contributed by atoms with E-state index in [2.05, 4.69) is 10.3 Å². The van der Waals surface area contributed by atoms with E-state index in [1.165, 1.54) is 17.2 Å². The summed E-state index contributed by atoms with van der Waals surface area (Å²) in [7, 11) is 0. The maximum Gasteiger partial charge on any atom is 0.256 e. The summed E-state index contributed by atoms with van der Waals surface area (Å²) in [6, 6.07) is 1.42. The average Bonchev–Trinajstić information content (AvgIpc) is 2.56. The SMILES string of the molecule is Nc1cc(C(=O)N2CCCNC(=O)C2)c(Cl)cn1. The molecule has 1 aliphatic heterocycles. The summed E-state index contributed by atoms with van der Waals surface area (Å²) in [5, 5.41) is 2.94. The smallest absolute Gasteiger partial charge is 0.256 e. The Hall–Kier alpha value is -1.82. The van der Waals surface area contributed by atoms with E-state index in [0.29, 0.717) is 13.1 Å². The molecule has 96 valence electrons. The number of rotatable bonds is 1. The van der Waals surface area contributed by atoms with Crippen molar-refractivity contribution >= 4 is 29.2 Å². The normalized spacial score (nSPS) is 16.1. The van der Waals surface area contributed by atoms with Gasteiger partial charge in [-0.25, -0.2) is 4.98 Å². The minimum atomic E-state index is -0.300. The highest BCUT2D eigenvalue weighted by Crippen LogP contribution is 2.19. The van der Waals surface area contributed by atoms with Crippen LogP contribution in [0.25, 0.3) is 0 Å². The zero-order valence-corrected chi connectivity index (χ0v) is 10.4. The lowest BCUT2D eigenvalue weighted by Gasteiger charge is -2.19. The number of halogens is 1. The highest BCUT2D eigenvalue weighted by molar-refractivity contribution is 6.33. The van der Waals surface area contributed by atoms with Crippen LogP contribution in [0.5, 0.6) is 0 Å². The first-order valence-electron chi connectivity index (χ1n) is 5.55. The zero-order chi connectivity index (χ0) is 13.1. The molecule has 1 fully saturated rings. The van der Waals surface area contributed by atoms with Gasteiger partial charge in [-0.15, -0.1) is 0 Å². The van der Waals surface area contributed by atoms with Crippen molar-refractivity contribution in [1.29, 1.82) is 0 Å². The Labute approximate surface area is 109 Å². The Morgan fingerprint density at radius 2 is 2.33 bits per heavy atom. The third-order valence-electron chi connectivity index (χ3n) is 2.66. The third kappa shape index (κ3) is 2.70. The molecule has 1 aromatic heterocycles. The Morgan fingerprint density at radius 1 is 1.56 bits per heavy atom. The van der Waals surface area contributed by atoms with Crippen LogP contribution in [0, 0.1) is 0 Å². The zero-order valence-electron chi connectivity index (χ0n) is 9.65. The van der Waals surface area contributed by atoms with Crippen LogP contribution in [0.4, 0.5) is 5.82 Å². The van der Waals surface area contributed by atoms with Gasteiger partial charge in [0.05, 0.1) is 17.1 Å². The van der Waals surface area contributed by atoms with Gasteiger partial charge in [0, 0.05) is 19.3 Å². The molecule has 0 saturated carbocycles. The van der Waals surface area contributed by atoms with Crippen LogP contribution in [0.15, 0.2) is 12.3 Å². The van der Waals surface area contributed by atoms with Gasteiger partial charge in [-0.2, -0.15) is 0 Å². The Morgan fingerprint density at radius 3 is 3.11 bits per heavy atom. The van der Waals surface area contributed by atoms with Crippen LogP contribution < -0.4 is 11.1 Å². The monoisotopic (exact) mass is 268 g/mol. The molecule has 0 unspecified atom stereocenters. The van der Waals surface area contributed by atoms with Gasteiger partial charge in [-0.3, -0.25) is 9.59 Å². The maximum absolute atomic E-state index is 12.2. The number of aromatic nitrogens is 1. The van der Waals surface area contributed by atoms with Gasteiger partial charge in [-0.05, 0) is 12.5 Å². The minimum absolute atomic E-state index is 0.0391. The fourth-order valence-electron chi connectivity index (χ4n) is 1.77. The molecule has 0 atom stereocenters.